The normalized spacial score (nSPS) is 17.6. The van der Waals surface area contributed by atoms with Crippen LogP contribution in [0.1, 0.15) is 35.9 Å². The van der Waals surface area contributed by atoms with Gasteiger partial charge in [0.15, 0.2) is 0 Å². The first kappa shape index (κ1) is 16.9. The van der Waals surface area contributed by atoms with Gasteiger partial charge in [-0.15, -0.1) is 0 Å². The number of anilines is 2. The van der Waals surface area contributed by atoms with Gasteiger partial charge in [-0.05, 0) is 49.9 Å². The fourth-order valence-electron chi connectivity index (χ4n) is 2.97. The first-order valence-electron chi connectivity index (χ1n) is 8.19. The number of hydrogen-bond acceptors (Lipinski definition) is 4. The molecule has 2 aromatic rings. The van der Waals surface area contributed by atoms with Crippen LogP contribution in [0.15, 0.2) is 34.8 Å². The van der Waals surface area contributed by atoms with Gasteiger partial charge in [0, 0.05) is 28.9 Å². The quantitative estimate of drug-likeness (QED) is 0.857. The molecule has 1 saturated heterocycles. The van der Waals surface area contributed by atoms with Crippen LogP contribution in [0.3, 0.4) is 0 Å². The Kier molecular flexibility index (Phi) is 5.14. The second kappa shape index (κ2) is 7.30. The van der Waals surface area contributed by atoms with Crippen LogP contribution in [0.4, 0.5) is 11.6 Å². The van der Waals surface area contributed by atoms with Crippen LogP contribution in [-0.4, -0.2) is 33.9 Å². The smallest absolute Gasteiger partial charge is 0.272 e. The van der Waals surface area contributed by atoms with Crippen molar-refractivity contribution in [3.8, 4) is 0 Å². The van der Waals surface area contributed by atoms with Crippen LogP contribution < -0.4 is 5.32 Å². The molecule has 1 N–H and O–H groups in total. The van der Waals surface area contributed by atoms with Gasteiger partial charge in [-0.25, -0.2) is 9.97 Å². The summed E-state index contributed by atoms with van der Waals surface area (Å²) in [6.45, 7) is 5.67. The molecular formula is C18H21BrN4O. The SMILES string of the molecule is Cc1cc(C(=O)N2CCCC(C)C2)nc(Nc2cccc(Br)c2)n1. The number of hydrogen-bond donors (Lipinski definition) is 1. The summed E-state index contributed by atoms with van der Waals surface area (Å²) in [5, 5.41) is 3.17. The van der Waals surface area contributed by atoms with Gasteiger partial charge in [-0.3, -0.25) is 4.79 Å². The van der Waals surface area contributed by atoms with E-state index in [4.69, 9.17) is 0 Å². The number of nitrogens with zero attached hydrogens (tertiary/aromatic N) is 3. The van der Waals surface area contributed by atoms with Gasteiger partial charge in [0.2, 0.25) is 5.95 Å². The van der Waals surface area contributed by atoms with Crippen molar-refractivity contribution in [1.82, 2.24) is 14.9 Å². The highest BCUT2D eigenvalue weighted by Crippen LogP contribution is 2.21. The molecule has 1 aromatic carbocycles. The molecule has 0 spiro atoms. The number of aromatic nitrogens is 2. The number of aryl methyl sites for hydroxylation is 1. The Morgan fingerprint density at radius 2 is 2.17 bits per heavy atom. The highest BCUT2D eigenvalue weighted by atomic mass is 79.9. The van der Waals surface area contributed by atoms with E-state index in [2.05, 4.69) is 38.1 Å². The van der Waals surface area contributed by atoms with Crippen molar-refractivity contribution in [3.63, 3.8) is 0 Å². The zero-order chi connectivity index (χ0) is 17.1. The maximum atomic E-state index is 12.8. The molecule has 1 aromatic heterocycles. The molecule has 0 radical (unpaired) electrons. The van der Waals surface area contributed by atoms with Gasteiger partial charge in [-0.2, -0.15) is 0 Å². The topological polar surface area (TPSA) is 58.1 Å². The van der Waals surface area contributed by atoms with Crippen molar-refractivity contribution in [2.45, 2.75) is 26.7 Å². The zero-order valence-corrected chi connectivity index (χ0v) is 15.5. The van der Waals surface area contributed by atoms with Crippen molar-refractivity contribution in [3.05, 3.63) is 46.2 Å². The molecule has 1 unspecified atom stereocenters. The third-order valence-electron chi connectivity index (χ3n) is 4.10. The number of rotatable bonds is 3. The summed E-state index contributed by atoms with van der Waals surface area (Å²) in [7, 11) is 0. The number of piperidine rings is 1. The highest BCUT2D eigenvalue weighted by molar-refractivity contribution is 9.10. The van der Waals surface area contributed by atoms with E-state index in [9.17, 15) is 4.79 Å². The lowest BCUT2D eigenvalue weighted by Gasteiger charge is -2.30. The van der Waals surface area contributed by atoms with Gasteiger partial charge in [0.25, 0.3) is 5.91 Å². The largest absolute Gasteiger partial charge is 0.337 e. The Balaban J connectivity index is 1.82. The Labute approximate surface area is 150 Å². The molecule has 2 heterocycles. The third-order valence-corrected chi connectivity index (χ3v) is 4.59. The summed E-state index contributed by atoms with van der Waals surface area (Å²) in [5.41, 5.74) is 2.10. The lowest BCUT2D eigenvalue weighted by atomic mass is 10.00. The summed E-state index contributed by atoms with van der Waals surface area (Å²) in [6.07, 6.45) is 2.24. The van der Waals surface area contributed by atoms with E-state index in [0.717, 1.165) is 35.4 Å². The van der Waals surface area contributed by atoms with Gasteiger partial charge >= 0.3 is 0 Å². The van der Waals surface area contributed by atoms with Crippen molar-refractivity contribution in [1.29, 1.82) is 0 Å². The molecule has 0 bridgehead atoms. The second-order valence-electron chi connectivity index (χ2n) is 6.35. The van der Waals surface area contributed by atoms with Crippen molar-refractivity contribution < 1.29 is 4.79 Å². The minimum atomic E-state index is -0.00987. The number of amides is 1. The van der Waals surface area contributed by atoms with E-state index in [1.165, 1.54) is 6.42 Å². The maximum Gasteiger partial charge on any atom is 0.272 e. The number of carbonyl (C=O) groups excluding carboxylic acids is 1. The van der Waals surface area contributed by atoms with Crippen LogP contribution in [0.2, 0.25) is 0 Å². The summed E-state index contributed by atoms with van der Waals surface area (Å²) in [4.78, 5) is 23.5. The molecule has 5 nitrogen and oxygen atoms in total. The number of likely N-dealkylation sites (tertiary alicyclic amines) is 1. The molecular weight excluding hydrogens is 368 g/mol. The molecule has 0 aliphatic carbocycles. The lowest BCUT2D eigenvalue weighted by molar-refractivity contribution is 0.0677. The molecule has 1 fully saturated rings. The maximum absolute atomic E-state index is 12.8. The zero-order valence-electron chi connectivity index (χ0n) is 13.9. The van der Waals surface area contributed by atoms with Crippen molar-refractivity contribution in [2.24, 2.45) is 5.92 Å². The summed E-state index contributed by atoms with van der Waals surface area (Å²) < 4.78 is 0.971. The van der Waals surface area contributed by atoms with E-state index in [1.807, 2.05) is 36.1 Å². The molecule has 0 saturated carbocycles. The molecule has 1 amide bonds. The van der Waals surface area contributed by atoms with Crippen LogP contribution >= 0.6 is 15.9 Å². The number of nitrogens with one attached hydrogen (secondary N) is 1. The third kappa shape index (κ3) is 4.12. The van der Waals surface area contributed by atoms with Gasteiger partial charge in [0.05, 0.1) is 0 Å². The Bertz CT molecular complexity index is 750. The van der Waals surface area contributed by atoms with E-state index in [-0.39, 0.29) is 5.91 Å². The minimum Gasteiger partial charge on any atom is -0.337 e. The minimum absolute atomic E-state index is 0.00987. The molecule has 1 aliphatic heterocycles. The van der Waals surface area contributed by atoms with E-state index < -0.39 is 0 Å². The predicted molar refractivity (Wildman–Crippen MR) is 98.5 cm³/mol. The van der Waals surface area contributed by atoms with Gasteiger partial charge in [-0.1, -0.05) is 28.9 Å². The predicted octanol–water partition coefficient (Wildman–Crippen LogP) is 4.16. The number of halogens is 1. The standard InChI is InChI=1S/C18H21BrN4O/c1-12-5-4-8-23(11-12)17(24)16-9-13(2)20-18(22-16)21-15-7-3-6-14(19)10-15/h3,6-7,9-10,12H,4-5,8,11H2,1-2H3,(H,20,21,22). The van der Waals surface area contributed by atoms with Gasteiger partial charge < -0.3 is 10.2 Å². The fourth-order valence-corrected chi connectivity index (χ4v) is 3.36. The van der Waals surface area contributed by atoms with Crippen LogP contribution in [0, 0.1) is 12.8 Å². The lowest BCUT2D eigenvalue weighted by Crippen LogP contribution is -2.39. The molecule has 126 valence electrons. The van der Waals surface area contributed by atoms with Crippen molar-refractivity contribution >= 4 is 33.5 Å². The average Bonchev–Trinajstić information content (AvgIpc) is 2.53. The Morgan fingerprint density at radius 1 is 1.33 bits per heavy atom. The van der Waals surface area contributed by atoms with Crippen LogP contribution in [0.25, 0.3) is 0 Å². The van der Waals surface area contributed by atoms with E-state index in [0.29, 0.717) is 17.6 Å². The van der Waals surface area contributed by atoms with E-state index in [1.54, 1.807) is 6.07 Å². The van der Waals surface area contributed by atoms with Crippen LogP contribution in [0.5, 0.6) is 0 Å². The fraction of sp³-hybridized carbons (Fsp3) is 0.389. The van der Waals surface area contributed by atoms with Gasteiger partial charge in [0.1, 0.15) is 5.69 Å². The number of carbonyl (C=O) groups is 1. The monoisotopic (exact) mass is 388 g/mol. The summed E-state index contributed by atoms with van der Waals surface area (Å²) >= 11 is 3.44. The van der Waals surface area contributed by atoms with Crippen LogP contribution in [-0.2, 0) is 0 Å². The molecule has 6 heteroatoms. The molecule has 3 rings (SSSR count). The Hall–Kier alpha value is -1.95. The summed E-state index contributed by atoms with van der Waals surface area (Å²) in [5.74, 6) is 0.982. The second-order valence-corrected chi connectivity index (χ2v) is 7.27. The molecule has 1 atom stereocenters. The van der Waals surface area contributed by atoms with E-state index >= 15 is 0 Å². The van der Waals surface area contributed by atoms with Crippen molar-refractivity contribution in [2.75, 3.05) is 18.4 Å². The molecule has 24 heavy (non-hydrogen) atoms. The number of benzene rings is 1. The Morgan fingerprint density at radius 3 is 2.92 bits per heavy atom. The molecule has 1 aliphatic rings. The first-order valence-corrected chi connectivity index (χ1v) is 8.98. The average molecular weight is 389 g/mol. The highest BCUT2D eigenvalue weighted by Gasteiger charge is 2.23. The first-order chi connectivity index (χ1) is 11.5. The summed E-state index contributed by atoms with van der Waals surface area (Å²) in [6, 6.07) is 9.52.